The highest BCUT2D eigenvalue weighted by Crippen LogP contribution is 2.31. The molecule has 3 aromatic rings. The van der Waals surface area contributed by atoms with Crippen LogP contribution in [0.3, 0.4) is 0 Å². The molecule has 2 aromatic heterocycles. The van der Waals surface area contributed by atoms with Gasteiger partial charge in [-0.25, -0.2) is 0 Å². The topological polar surface area (TPSA) is 55.1 Å². The number of halogens is 3. The Bertz CT molecular complexity index is 755. The molecule has 3 rings (SSSR count). The summed E-state index contributed by atoms with van der Waals surface area (Å²) in [4.78, 5) is 8.01. The maximum atomic E-state index is 6.12. The van der Waals surface area contributed by atoms with Crippen molar-refractivity contribution in [1.29, 1.82) is 0 Å². The van der Waals surface area contributed by atoms with Gasteiger partial charge in [0.05, 0.1) is 15.7 Å². The van der Waals surface area contributed by atoms with Crippen LogP contribution >= 0.6 is 34.8 Å². The second-order valence-electron chi connectivity index (χ2n) is 3.66. The molecule has 0 aliphatic carbocycles. The first kappa shape index (κ1) is 12.5. The van der Waals surface area contributed by atoms with Crippen molar-refractivity contribution in [3.8, 4) is 0 Å². The van der Waals surface area contributed by atoms with Crippen LogP contribution in [0.25, 0.3) is 5.78 Å². The van der Waals surface area contributed by atoms with Crippen molar-refractivity contribution in [3.63, 3.8) is 0 Å². The van der Waals surface area contributed by atoms with E-state index in [2.05, 4.69) is 20.4 Å². The summed E-state index contributed by atoms with van der Waals surface area (Å²) >= 11 is 18.0. The van der Waals surface area contributed by atoms with Crippen molar-refractivity contribution in [1.82, 2.24) is 19.6 Å². The number of anilines is 2. The van der Waals surface area contributed by atoms with E-state index in [1.165, 1.54) is 10.8 Å². The third kappa shape index (κ3) is 2.32. The van der Waals surface area contributed by atoms with E-state index in [0.717, 1.165) is 0 Å². The normalized spacial score (nSPS) is 10.9. The molecule has 0 unspecified atom stereocenters. The van der Waals surface area contributed by atoms with Gasteiger partial charge >= 0.3 is 0 Å². The first-order valence-electron chi connectivity index (χ1n) is 5.22. The van der Waals surface area contributed by atoms with E-state index in [4.69, 9.17) is 34.8 Å². The Hall–Kier alpha value is -1.56. The molecule has 0 spiro atoms. The number of hydrogen-bond acceptors (Lipinski definition) is 4. The van der Waals surface area contributed by atoms with Crippen LogP contribution in [0, 0.1) is 0 Å². The van der Waals surface area contributed by atoms with E-state index in [9.17, 15) is 0 Å². The van der Waals surface area contributed by atoms with Crippen LogP contribution in [0.5, 0.6) is 0 Å². The second-order valence-corrected chi connectivity index (χ2v) is 4.83. The van der Waals surface area contributed by atoms with E-state index in [1.54, 1.807) is 24.3 Å². The van der Waals surface area contributed by atoms with Gasteiger partial charge in [0.2, 0.25) is 0 Å². The van der Waals surface area contributed by atoms with Crippen molar-refractivity contribution in [2.24, 2.45) is 0 Å². The highest BCUT2D eigenvalue weighted by Gasteiger charge is 2.09. The Labute approximate surface area is 123 Å². The third-order valence-corrected chi connectivity index (χ3v) is 3.45. The van der Waals surface area contributed by atoms with Gasteiger partial charge in [-0.3, -0.25) is 0 Å². The zero-order valence-electron chi connectivity index (χ0n) is 9.31. The smallest absolute Gasteiger partial charge is 0.255 e. The van der Waals surface area contributed by atoms with Crippen LogP contribution in [-0.2, 0) is 0 Å². The summed E-state index contributed by atoms with van der Waals surface area (Å²) in [7, 11) is 0. The molecule has 0 saturated carbocycles. The maximum Gasteiger partial charge on any atom is 0.255 e. The Kier molecular flexibility index (Phi) is 3.18. The lowest BCUT2D eigenvalue weighted by atomic mass is 10.3. The van der Waals surface area contributed by atoms with Gasteiger partial charge in [-0.1, -0.05) is 40.9 Å². The van der Waals surface area contributed by atoms with Crippen molar-refractivity contribution in [2.45, 2.75) is 0 Å². The summed E-state index contributed by atoms with van der Waals surface area (Å²) in [5.74, 6) is 0.991. The fourth-order valence-corrected chi connectivity index (χ4v) is 2.14. The van der Waals surface area contributed by atoms with Crippen molar-refractivity contribution in [3.05, 3.63) is 45.8 Å². The average Bonchev–Trinajstić information content (AvgIpc) is 2.83. The van der Waals surface area contributed by atoms with Crippen molar-refractivity contribution >= 4 is 52.1 Å². The van der Waals surface area contributed by atoms with Gasteiger partial charge < -0.3 is 5.32 Å². The summed E-state index contributed by atoms with van der Waals surface area (Å²) < 4.78 is 1.52. The Balaban J connectivity index is 2.10. The molecular weight excluding hydrogens is 309 g/mol. The van der Waals surface area contributed by atoms with Gasteiger partial charge in [0.15, 0.2) is 0 Å². The van der Waals surface area contributed by atoms with Crippen LogP contribution in [0.1, 0.15) is 0 Å². The van der Waals surface area contributed by atoms with E-state index < -0.39 is 0 Å². The quantitative estimate of drug-likeness (QED) is 0.730. The molecule has 0 atom stereocenters. The molecule has 8 heteroatoms. The Morgan fingerprint density at radius 3 is 2.84 bits per heavy atom. The molecule has 1 N–H and O–H groups in total. The monoisotopic (exact) mass is 313 g/mol. The molecule has 0 aliphatic heterocycles. The number of benzene rings is 1. The minimum absolute atomic E-state index is 0.307. The minimum Gasteiger partial charge on any atom is -0.339 e. The molecule has 96 valence electrons. The number of aromatic nitrogens is 4. The SMILES string of the molecule is Clc1cc(Nc2cccc(Cl)c2Cl)n2ncnc2n1. The number of rotatable bonds is 2. The lowest BCUT2D eigenvalue weighted by Gasteiger charge is -2.10. The minimum atomic E-state index is 0.307. The summed E-state index contributed by atoms with van der Waals surface area (Å²) in [6.07, 6.45) is 1.39. The first-order chi connectivity index (χ1) is 9.15. The molecule has 0 saturated heterocycles. The van der Waals surface area contributed by atoms with Gasteiger partial charge in [-0.2, -0.15) is 19.6 Å². The molecular formula is C11H6Cl3N5. The first-order valence-corrected chi connectivity index (χ1v) is 6.36. The molecule has 0 radical (unpaired) electrons. The summed E-state index contributed by atoms with van der Waals surface area (Å²) in [5.41, 5.74) is 0.647. The number of nitrogens with one attached hydrogen (secondary N) is 1. The predicted octanol–water partition coefficient (Wildman–Crippen LogP) is 3.83. The molecule has 1 aromatic carbocycles. The third-order valence-electron chi connectivity index (χ3n) is 2.43. The number of fused-ring (bicyclic) bond motifs is 1. The Morgan fingerprint density at radius 2 is 2.00 bits per heavy atom. The van der Waals surface area contributed by atoms with E-state index >= 15 is 0 Å². The molecule has 5 nitrogen and oxygen atoms in total. The summed E-state index contributed by atoms with van der Waals surface area (Å²) in [6, 6.07) is 6.92. The van der Waals surface area contributed by atoms with Crippen LogP contribution < -0.4 is 5.32 Å². The summed E-state index contributed by atoms with van der Waals surface area (Å²) in [6.45, 7) is 0. The van der Waals surface area contributed by atoms with Crippen molar-refractivity contribution in [2.75, 3.05) is 5.32 Å². The Morgan fingerprint density at radius 1 is 1.16 bits per heavy atom. The molecule has 0 bridgehead atoms. The predicted molar refractivity (Wildman–Crippen MR) is 75.5 cm³/mol. The van der Waals surface area contributed by atoms with Gasteiger partial charge in [-0.05, 0) is 12.1 Å². The second kappa shape index (κ2) is 4.85. The van der Waals surface area contributed by atoms with Crippen molar-refractivity contribution < 1.29 is 0 Å². The average molecular weight is 315 g/mol. The van der Waals surface area contributed by atoms with E-state index in [0.29, 0.717) is 32.5 Å². The molecule has 19 heavy (non-hydrogen) atoms. The van der Waals surface area contributed by atoms with Crippen LogP contribution in [0.2, 0.25) is 15.2 Å². The van der Waals surface area contributed by atoms with E-state index in [-0.39, 0.29) is 0 Å². The number of nitrogens with zero attached hydrogens (tertiary/aromatic N) is 4. The lowest BCUT2D eigenvalue weighted by Crippen LogP contribution is -2.02. The highest BCUT2D eigenvalue weighted by molar-refractivity contribution is 6.43. The van der Waals surface area contributed by atoms with E-state index in [1.807, 2.05) is 0 Å². The molecule has 0 fully saturated rings. The highest BCUT2D eigenvalue weighted by atomic mass is 35.5. The maximum absolute atomic E-state index is 6.12. The van der Waals surface area contributed by atoms with Crippen LogP contribution in [0.15, 0.2) is 30.6 Å². The lowest BCUT2D eigenvalue weighted by molar-refractivity contribution is 0.947. The van der Waals surface area contributed by atoms with Gasteiger partial charge in [0, 0.05) is 6.07 Å². The molecule has 2 heterocycles. The van der Waals surface area contributed by atoms with Gasteiger partial charge in [0.25, 0.3) is 5.78 Å². The molecule has 0 aliphatic rings. The zero-order chi connectivity index (χ0) is 13.4. The largest absolute Gasteiger partial charge is 0.339 e. The van der Waals surface area contributed by atoms with Gasteiger partial charge in [0.1, 0.15) is 17.3 Å². The molecule has 0 amide bonds. The van der Waals surface area contributed by atoms with Gasteiger partial charge in [-0.15, -0.1) is 0 Å². The van der Waals surface area contributed by atoms with Crippen LogP contribution in [-0.4, -0.2) is 19.6 Å². The van der Waals surface area contributed by atoms with Crippen LogP contribution in [0.4, 0.5) is 11.5 Å². The summed E-state index contributed by atoms with van der Waals surface area (Å²) in [5, 5.41) is 8.34. The fourth-order valence-electron chi connectivity index (χ4n) is 1.61. The number of hydrogen-bond donors (Lipinski definition) is 1. The standard InChI is InChI=1S/C11H6Cl3N5/c12-6-2-1-3-7(10(6)14)17-9-4-8(13)18-11-15-5-16-19(9)11/h1-5,17H. The zero-order valence-corrected chi connectivity index (χ0v) is 11.6. The fraction of sp³-hybridized carbons (Fsp3) is 0.